The molecule has 4 aromatic rings. The predicted molar refractivity (Wildman–Crippen MR) is 121 cm³/mol. The van der Waals surface area contributed by atoms with Gasteiger partial charge in [0.25, 0.3) is 0 Å². The normalized spacial score (nSPS) is 12.6. The molecule has 0 radical (unpaired) electrons. The number of rotatable bonds is 7. The van der Waals surface area contributed by atoms with Crippen LogP contribution in [0.5, 0.6) is 0 Å². The van der Waals surface area contributed by atoms with Gasteiger partial charge in [0.2, 0.25) is 0 Å². The van der Waals surface area contributed by atoms with E-state index >= 15 is 0 Å². The predicted octanol–water partition coefficient (Wildman–Crippen LogP) is 4.02. The van der Waals surface area contributed by atoms with Crippen molar-refractivity contribution in [3.05, 3.63) is 66.6 Å². The first-order valence-electron chi connectivity index (χ1n) is 9.61. The monoisotopic (exact) mass is 489 g/mol. The Labute approximate surface area is 183 Å². The number of carboxylic acids is 1. The molecule has 2 aromatic carbocycles. The molecule has 0 aliphatic rings. The van der Waals surface area contributed by atoms with Crippen molar-refractivity contribution in [2.75, 3.05) is 0 Å². The molecule has 4 rings (SSSR count). The number of aromatic nitrogens is 3. The molecule has 0 spiro atoms. The molecule has 0 saturated heterocycles. The highest BCUT2D eigenvalue weighted by Crippen LogP contribution is 2.27. The second-order valence-electron chi connectivity index (χ2n) is 7.25. The van der Waals surface area contributed by atoms with Gasteiger partial charge in [-0.1, -0.05) is 52.7 Å². The number of carboxylic acid groups (broad SMARTS) is 1. The lowest BCUT2D eigenvalue weighted by molar-refractivity contribution is -0.142. The zero-order valence-electron chi connectivity index (χ0n) is 16.2. The van der Waals surface area contributed by atoms with Gasteiger partial charge in [0.05, 0.1) is 33.7 Å². The fourth-order valence-corrected chi connectivity index (χ4v) is 5.17. The molecule has 0 amide bonds. The third-order valence-electron chi connectivity index (χ3n) is 5.21. The average Bonchev–Trinajstić information content (AvgIpc) is 3.19. The first-order valence-corrected chi connectivity index (χ1v) is 11.2. The van der Waals surface area contributed by atoms with Crippen LogP contribution in [0.3, 0.4) is 0 Å². The van der Waals surface area contributed by atoms with E-state index in [1.54, 1.807) is 9.13 Å². The highest BCUT2D eigenvalue weighted by atomic mass is 79.9. The number of aromatic amines is 1. The summed E-state index contributed by atoms with van der Waals surface area (Å²) < 4.78 is 4.82. The van der Waals surface area contributed by atoms with Gasteiger partial charge in [0, 0.05) is 11.0 Å². The van der Waals surface area contributed by atoms with Gasteiger partial charge >= 0.3 is 16.5 Å². The molecule has 1 unspecified atom stereocenters. The Bertz CT molecular complexity index is 1360. The van der Waals surface area contributed by atoms with Crippen LogP contribution in [0.1, 0.15) is 25.3 Å². The van der Waals surface area contributed by atoms with E-state index < -0.39 is 11.9 Å². The van der Waals surface area contributed by atoms with Gasteiger partial charge in [-0.05, 0) is 36.2 Å². The number of imidazole rings is 1. The minimum Gasteiger partial charge on any atom is -0.481 e. The number of thiazole rings is 1. The number of aliphatic carboxylic acids is 1. The minimum absolute atomic E-state index is 0.126. The van der Waals surface area contributed by atoms with Crippen LogP contribution < -0.4 is 10.6 Å². The number of fused-ring (bicyclic) bond motifs is 2. The van der Waals surface area contributed by atoms with Crippen LogP contribution in [0.4, 0.5) is 0 Å². The lowest BCUT2D eigenvalue weighted by Gasteiger charge is -2.12. The molecule has 2 N–H and O–H groups in total. The maximum absolute atomic E-state index is 13.3. The van der Waals surface area contributed by atoms with Crippen molar-refractivity contribution in [2.24, 2.45) is 5.92 Å². The van der Waals surface area contributed by atoms with E-state index in [2.05, 4.69) is 20.9 Å². The quantitative estimate of drug-likeness (QED) is 0.409. The Morgan fingerprint density at radius 3 is 2.57 bits per heavy atom. The van der Waals surface area contributed by atoms with Crippen LogP contribution in [0, 0.1) is 5.92 Å². The third-order valence-corrected chi connectivity index (χ3v) is 6.64. The highest BCUT2D eigenvalue weighted by Gasteiger charge is 2.22. The zero-order chi connectivity index (χ0) is 21.4. The molecule has 2 aromatic heterocycles. The number of nitrogens with one attached hydrogen (secondary N) is 1. The first-order chi connectivity index (χ1) is 14.4. The van der Waals surface area contributed by atoms with E-state index in [1.165, 1.54) is 0 Å². The number of para-hydroxylation sites is 2. The van der Waals surface area contributed by atoms with Crippen LogP contribution in [0.2, 0.25) is 0 Å². The van der Waals surface area contributed by atoms with Crippen LogP contribution >= 0.6 is 27.3 Å². The molecule has 1 atom stereocenters. The van der Waals surface area contributed by atoms with Crippen LogP contribution in [0.15, 0.2) is 50.5 Å². The molecule has 0 aliphatic carbocycles. The fraction of sp³-hybridized carbons (Fsp3) is 0.286. The van der Waals surface area contributed by atoms with Crippen molar-refractivity contribution in [1.82, 2.24) is 14.1 Å². The molecule has 0 bridgehead atoms. The minimum atomic E-state index is -0.897. The van der Waals surface area contributed by atoms with Gasteiger partial charge in [-0.15, -0.1) is 0 Å². The van der Waals surface area contributed by atoms with Gasteiger partial charge in [0.1, 0.15) is 0 Å². The molecule has 9 heteroatoms. The van der Waals surface area contributed by atoms with E-state index in [0.717, 1.165) is 43.5 Å². The molecule has 30 heavy (non-hydrogen) atoms. The molecular formula is C21H20BrN3O4S. The van der Waals surface area contributed by atoms with E-state index in [0.29, 0.717) is 11.9 Å². The lowest BCUT2D eigenvalue weighted by Crippen LogP contribution is -2.29. The van der Waals surface area contributed by atoms with Gasteiger partial charge in [-0.3, -0.25) is 18.7 Å². The Morgan fingerprint density at radius 2 is 1.90 bits per heavy atom. The summed E-state index contributed by atoms with van der Waals surface area (Å²) in [7, 11) is 0. The molecule has 0 aliphatic heterocycles. The summed E-state index contributed by atoms with van der Waals surface area (Å²) in [4.78, 5) is 39.5. The largest absolute Gasteiger partial charge is 0.481 e. The SMILES string of the molecule is CCCC(Cn1c(=O)n(Cc2cc(Br)cc3[nH]c(=O)sc23)c2ccccc21)C(=O)O. The first kappa shape index (κ1) is 20.6. The Morgan fingerprint density at radius 1 is 1.20 bits per heavy atom. The van der Waals surface area contributed by atoms with Gasteiger partial charge in [0.15, 0.2) is 0 Å². The van der Waals surface area contributed by atoms with Gasteiger partial charge < -0.3 is 10.1 Å². The standard InChI is InChI=1S/C21H20BrN3O4S/c1-2-5-12(19(26)27)10-24-16-6-3-4-7-17(16)25(21(24)29)11-13-8-14(22)9-15-18(13)30-20(28)23-15/h3-4,6-9,12H,2,5,10-11H2,1H3,(H,23,28)(H,26,27). The number of carbonyl (C=O) groups is 1. The fourth-order valence-electron chi connectivity index (χ4n) is 3.84. The number of nitrogens with zero attached hydrogens (tertiary/aromatic N) is 2. The summed E-state index contributed by atoms with van der Waals surface area (Å²) in [6.45, 7) is 2.34. The van der Waals surface area contributed by atoms with Crippen LogP contribution in [-0.2, 0) is 17.9 Å². The average molecular weight is 490 g/mol. The Balaban J connectivity index is 1.85. The number of H-pyrrole nitrogens is 1. The van der Waals surface area contributed by atoms with Crippen molar-refractivity contribution in [2.45, 2.75) is 32.9 Å². The summed E-state index contributed by atoms with van der Waals surface area (Å²) in [6.07, 6.45) is 1.23. The van der Waals surface area contributed by atoms with Gasteiger partial charge in [-0.2, -0.15) is 0 Å². The molecule has 156 valence electrons. The lowest BCUT2D eigenvalue weighted by atomic mass is 10.0. The molecule has 7 nitrogen and oxygen atoms in total. The number of benzene rings is 2. The smallest absolute Gasteiger partial charge is 0.329 e. The van der Waals surface area contributed by atoms with Crippen LogP contribution in [-0.4, -0.2) is 25.2 Å². The van der Waals surface area contributed by atoms with Crippen LogP contribution in [0.25, 0.3) is 21.3 Å². The molecule has 0 fully saturated rings. The van der Waals surface area contributed by atoms with Gasteiger partial charge in [-0.25, -0.2) is 4.79 Å². The van der Waals surface area contributed by atoms with Crippen molar-refractivity contribution in [1.29, 1.82) is 0 Å². The molecular weight excluding hydrogens is 470 g/mol. The number of hydrogen-bond acceptors (Lipinski definition) is 4. The highest BCUT2D eigenvalue weighted by molar-refractivity contribution is 9.10. The van der Waals surface area contributed by atoms with E-state index in [-0.39, 0.29) is 23.7 Å². The van der Waals surface area contributed by atoms with Crippen molar-refractivity contribution < 1.29 is 9.90 Å². The summed E-state index contributed by atoms with van der Waals surface area (Å²) in [6, 6.07) is 11.1. The maximum Gasteiger partial charge on any atom is 0.329 e. The summed E-state index contributed by atoms with van der Waals surface area (Å²) in [5.74, 6) is -1.52. The number of halogens is 1. The third kappa shape index (κ3) is 3.75. The number of hydrogen-bond donors (Lipinski definition) is 2. The van der Waals surface area contributed by atoms with E-state index in [1.807, 2.05) is 43.3 Å². The molecule has 0 saturated carbocycles. The summed E-state index contributed by atoms with van der Waals surface area (Å²) >= 11 is 4.58. The molecule has 2 heterocycles. The van der Waals surface area contributed by atoms with Crippen molar-refractivity contribution in [3.63, 3.8) is 0 Å². The van der Waals surface area contributed by atoms with E-state index in [9.17, 15) is 19.5 Å². The maximum atomic E-state index is 13.3. The topological polar surface area (TPSA) is 97.1 Å². The van der Waals surface area contributed by atoms with Crippen molar-refractivity contribution >= 4 is 54.5 Å². The summed E-state index contributed by atoms with van der Waals surface area (Å²) in [5.41, 5.74) is 2.75. The Kier molecular flexibility index (Phi) is 5.66. The zero-order valence-corrected chi connectivity index (χ0v) is 18.6. The second kappa shape index (κ2) is 8.23. The van der Waals surface area contributed by atoms with E-state index in [4.69, 9.17) is 0 Å². The summed E-state index contributed by atoms with van der Waals surface area (Å²) in [5, 5.41) is 9.56. The second-order valence-corrected chi connectivity index (χ2v) is 9.15. The van der Waals surface area contributed by atoms with Crippen molar-refractivity contribution in [3.8, 4) is 0 Å². The Hall–Kier alpha value is -2.65.